The van der Waals surface area contributed by atoms with Gasteiger partial charge in [0.15, 0.2) is 0 Å². The molecule has 0 radical (unpaired) electrons. The van der Waals surface area contributed by atoms with Crippen LogP contribution in [0.4, 0.5) is 0 Å². The predicted octanol–water partition coefficient (Wildman–Crippen LogP) is 4.56. The van der Waals surface area contributed by atoms with Gasteiger partial charge in [-0.3, -0.25) is 14.4 Å². The Balaban J connectivity index is 1.31. The molecule has 34 heavy (non-hydrogen) atoms. The van der Waals surface area contributed by atoms with Crippen LogP contribution in [0.1, 0.15) is 78.1 Å². The second-order valence-corrected chi connectivity index (χ2v) is 11.2. The summed E-state index contributed by atoms with van der Waals surface area (Å²) in [5.41, 5.74) is 0. The van der Waals surface area contributed by atoms with Crippen molar-refractivity contribution >= 4 is 17.9 Å². The van der Waals surface area contributed by atoms with Crippen LogP contribution in [0, 0.1) is 47.3 Å². The van der Waals surface area contributed by atoms with E-state index in [0.717, 1.165) is 44.9 Å². The lowest BCUT2D eigenvalue weighted by Gasteiger charge is -2.32. The quantitative estimate of drug-likeness (QED) is 0.201. The van der Waals surface area contributed by atoms with Crippen molar-refractivity contribution in [2.24, 2.45) is 47.3 Å². The fraction of sp³-hybridized carbons (Fsp3) is 0.885. The third kappa shape index (κ3) is 7.67. The molecule has 6 atom stereocenters. The highest BCUT2D eigenvalue weighted by Gasteiger charge is 2.39. The molecule has 0 aliphatic heterocycles. The number of hydrogen-bond acceptors (Lipinski definition) is 6. The largest absolute Gasteiger partial charge is 0.481 e. The molecule has 3 aliphatic rings. The Morgan fingerprint density at radius 3 is 1.79 bits per heavy atom. The highest BCUT2D eigenvalue weighted by atomic mass is 17.2. The minimum Gasteiger partial charge on any atom is -0.481 e. The lowest BCUT2D eigenvalue weighted by molar-refractivity contribution is -0.312. The van der Waals surface area contributed by atoms with Crippen molar-refractivity contribution in [3.63, 3.8) is 0 Å². The molecule has 0 spiro atoms. The van der Waals surface area contributed by atoms with E-state index in [-0.39, 0.29) is 17.8 Å². The molecule has 0 heterocycles. The molecule has 3 fully saturated rings. The molecular weight excluding hydrogens is 440 g/mol. The number of esters is 1. The average molecular weight is 483 g/mol. The van der Waals surface area contributed by atoms with E-state index in [1.807, 2.05) is 0 Å². The summed E-state index contributed by atoms with van der Waals surface area (Å²) in [6, 6.07) is 0. The van der Waals surface area contributed by atoms with Gasteiger partial charge >= 0.3 is 17.9 Å². The van der Waals surface area contributed by atoms with E-state index in [4.69, 9.17) is 14.5 Å². The average Bonchev–Trinajstić information content (AvgIpc) is 2.80. The molecule has 3 rings (SSSR count). The Kier molecular flexibility index (Phi) is 10.2. The number of carboxylic acids is 2. The zero-order valence-electron chi connectivity index (χ0n) is 20.7. The second kappa shape index (κ2) is 12.9. The molecular formula is C26H42O8. The monoisotopic (exact) mass is 482 g/mol. The van der Waals surface area contributed by atoms with Gasteiger partial charge in [0, 0.05) is 0 Å². The maximum atomic E-state index is 12.6. The molecule has 8 nitrogen and oxygen atoms in total. The number of ether oxygens (including phenoxy) is 1. The molecule has 0 saturated heterocycles. The van der Waals surface area contributed by atoms with E-state index in [1.54, 1.807) is 0 Å². The zero-order valence-corrected chi connectivity index (χ0v) is 20.7. The number of aliphatic carboxylic acids is 2. The minimum absolute atomic E-state index is 0.000418. The van der Waals surface area contributed by atoms with E-state index >= 15 is 0 Å². The first kappa shape index (κ1) is 26.9. The van der Waals surface area contributed by atoms with Gasteiger partial charge in [-0.15, -0.1) is 0 Å². The van der Waals surface area contributed by atoms with Gasteiger partial charge in [-0.2, -0.15) is 0 Å². The first-order chi connectivity index (χ1) is 16.2. The highest BCUT2D eigenvalue weighted by molar-refractivity contribution is 5.81. The van der Waals surface area contributed by atoms with Crippen LogP contribution in [0.2, 0.25) is 0 Å². The summed E-state index contributed by atoms with van der Waals surface area (Å²) in [7, 11) is 0. The van der Waals surface area contributed by atoms with Gasteiger partial charge in [-0.1, -0.05) is 13.8 Å². The predicted molar refractivity (Wildman–Crippen MR) is 124 cm³/mol. The van der Waals surface area contributed by atoms with Crippen molar-refractivity contribution < 1.29 is 39.1 Å². The van der Waals surface area contributed by atoms with E-state index in [1.165, 1.54) is 0 Å². The van der Waals surface area contributed by atoms with Crippen molar-refractivity contribution in [3.05, 3.63) is 0 Å². The molecule has 8 heteroatoms. The van der Waals surface area contributed by atoms with Gasteiger partial charge in [0.25, 0.3) is 0 Å². The number of carbonyl (C=O) groups is 3. The van der Waals surface area contributed by atoms with Crippen molar-refractivity contribution in [1.29, 1.82) is 0 Å². The van der Waals surface area contributed by atoms with Crippen LogP contribution in [-0.4, -0.2) is 47.9 Å². The van der Waals surface area contributed by atoms with Gasteiger partial charge in [-0.25, -0.2) is 9.78 Å². The van der Waals surface area contributed by atoms with E-state index in [2.05, 4.69) is 13.8 Å². The smallest absolute Gasteiger partial charge is 0.309 e. The van der Waals surface area contributed by atoms with Gasteiger partial charge in [0.05, 0.1) is 37.6 Å². The molecule has 3 saturated carbocycles. The Morgan fingerprint density at radius 2 is 1.18 bits per heavy atom. The highest BCUT2D eigenvalue weighted by Crippen LogP contribution is 2.36. The fourth-order valence-corrected chi connectivity index (χ4v) is 6.10. The van der Waals surface area contributed by atoms with Gasteiger partial charge < -0.3 is 14.9 Å². The molecule has 0 amide bonds. The van der Waals surface area contributed by atoms with Crippen molar-refractivity contribution in [1.82, 2.24) is 0 Å². The van der Waals surface area contributed by atoms with Gasteiger partial charge in [-0.05, 0) is 93.8 Å². The number of carbonyl (C=O) groups excluding carboxylic acids is 1. The Morgan fingerprint density at radius 1 is 0.647 bits per heavy atom. The van der Waals surface area contributed by atoms with Gasteiger partial charge in [0.2, 0.25) is 0 Å². The standard InChI is InChI=1S/C26H42O8/c1-16-3-9-21(24(27)28)20(11-16)15-34-33-14-19-7-5-18(6-8-19)13-32-26(31)23-12-17(2)4-10-22(23)25(29)30/h16-23H,3-15H2,1-2H3,(H,27,28)(H,29,30). The van der Waals surface area contributed by atoms with Gasteiger partial charge in [0.1, 0.15) is 0 Å². The molecule has 0 aromatic carbocycles. The lowest BCUT2D eigenvalue weighted by Crippen LogP contribution is -2.37. The Labute approximate surface area is 202 Å². The number of rotatable bonds is 10. The maximum absolute atomic E-state index is 12.6. The first-order valence-electron chi connectivity index (χ1n) is 13.1. The van der Waals surface area contributed by atoms with Crippen molar-refractivity contribution in [3.8, 4) is 0 Å². The zero-order chi connectivity index (χ0) is 24.7. The van der Waals surface area contributed by atoms with E-state index in [9.17, 15) is 24.6 Å². The summed E-state index contributed by atoms with van der Waals surface area (Å²) in [6.45, 7) is 5.39. The Bertz CT molecular complexity index is 686. The third-order valence-corrected chi connectivity index (χ3v) is 8.39. The van der Waals surface area contributed by atoms with E-state index in [0.29, 0.717) is 62.8 Å². The van der Waals surface area contributed by atoms with Crippen molar-refractivity contribution in [2.45, 2.75) is 78.1 Å². The second-order valence-electron chi connectivity index (χ2n) is 11.2. The summed E-state index contributed by atoms with van der Waals surface area (Å²) < 4.78 is 5.58. The fourth-order valence-electron chi connectivity index (χ4n) is 6.10. The summed E-state index contributed by atoms with van der Waals surface area (Å²) in [5.74, 6) is -1.95. The summed E-state index contributed by atoms with van der Waals surface area (Å²) in [4.78, 5) is 46.5. The summed E-state index contributed by atoms with van der Waals surface area (Å²) in [6.07, 6.45) is 8.28. The van der Waals surface area contributed by atoms with E-state index < -0.39 is 23.8 Å². The minimum atomic E-state index is -0.895. The maximum Gasteiger partial charge on any atom is 0.309 e. The van der Waals surface area contributed by atoms with Crippen LogP contribution < -0.4 is 0 Å². The first-order valence-corrected chi connectivity index (χ1v) is 13.1. The number of carboxylic acid groups (broad SMARTS) is 2. The molecule has 3 aliphatic carbocycles. The molecule has 6 unspecified atom stereocenters. The molecule has 0 bridgehead atoms. The third-order valence-electron chi connectivity index (χ3n) is 8.39. The molecule has 0 aromatic rings. The molecule has 2 N–H and O–H groups in total. The van der Waals surface area contributed by atoms with Crippen LogP contribution in [0.5, 0.6) is 0 Å². The van der Waals surface area contributed by atoms with Crippen LogP contribution in [0.15, 0.2) is 0 Å². The SMILES string of the molecule is CC1CCC(C(=O)O)C(COOCC2CCC(COC(=O)C3CC(C)CCC3C(=O)O)CC2)C1. The van der Waals surface area contributed by atoms with Crippen LogP contribution in [0.3, 0.4) is 0 Å². The van der Waals surface area contributed by atoms with Crippen LogP contribution in [0.25, 0.3) is 0 Å². The van der Waals surface area contributed by atoms with Crippen LogP contribution >= 0.6 is 0 Å². The topological polar surface area (TPSA) is 119 Å². The summed E-state index contributed by atoms with van der Waals surface area (Å²) >= 11 is 0. The Hall–Kier alpha value is -1.67. The molecule has 0 aromatic heterocycles. The van der Waals surface area contributed by atoms with Crippen molar-refractivity contribution in [2.75, 3.05) is 19.8 Å². The molecule has 194 valence electrons. The van der Waals surface area contributed by atoms with Crippen LogP contribution in [-0.2, 0) is 28.9 Å². The lowest BCUT2D eigenvalue weighted by atomic mass is 9.74. The summed E-state index contributed by atoms with van der Waals surface area (Å²) in [5, 5.41) is 18.9. The normalized spacial score (nSPS) is 36.5. The number of hydrogen-bond donors (Lipinski definition) is 2.